The number of nitrogens with one attached hydrogen (secondary N) is 2. The van der Waals surface area contributed by atoms with Crippen LogP contribution >= 0.6 is 0 Å². The Morgan fingerprint density at radius 1 is 0.632 bits per heavy atom. The first-order valence-corrected chi connectivity index (χ1v) is 8.52. The van der Waals surface area contributed by atoms with E-state index >= 15 is 0 Å². The van der Waals surface area contributed by atoms with E-state index in [0.29, 0.717) is 0 Å². The van der Waals surface area contributed by atoms with Crippen LogP contribution in [0.3, 0.4) is 0 Å². The lowest BCUT2D eigenvalue weighted by Crippen LogP contribution is -2.46. The van der Waals surface area contributed by atoms with E-state index in [4.69, 9.17) is 0 Å². The molecule has 0 saturated heterocycles. The Morgan fingerprint density at radius 3 is 1.47 bits per heavy atom. The van der Waals surface area contributed by atoms with Crippen molar-refractivity contribution in [3.05, 3.63) is 0 Å². The lowest BCUT2D eigenvalue weighted by Gasteiger charge is -2.22. The summed E-state index contributed by atoms with van der Waals surface area (Å²) < 4.78 is 0. The first-order chi connectivity index (χ1) is 9.35. The third-order valence-corrected chi connectivity index (χ3v) is 3.58. The summed E-state index contributed by atoms with van der Waals surface area (Å²) in [5.74, 6) is 0. The van der Waals surface area contributed by atoms with Gasteiger partial charge in [-0.3, -0.25) is 0 Å². The molecule has 0 heterocycles. The largest absolute Gasteiger partial charge is 0.247 e. The van der Waals surface area contributed by atoms with Crippen LogP contribution in [-0.4, -0.2) is 25.1 Å². The lowest BCUT2D eigenvalue weighted by molar-refractivity contribution is 0.153. The van der Waals surface area contributed by atoms with Crippen molar-refractivity contribution >= 4 is 0 Å². The Balaban J connectivity index is 3.45. The molecule has 0 fully saturated rings. The molecule has 0 spiro atoms. The third kappa shape index (κ3) is 14.1. The average molecular weight is 271 g/mol. The molecule has 116 valence electrons. The second kappa shape index (κ2) is 15.9. The van der Waals surface area contributed by atoms with Gasteiger partial charge in [-0.05, 0) is 19.9 Å². The van der Waals surface area contributed by atoms with E-state index in [1.165, 1.54) is 83.7 Å². The Morgan fingerprint density at radius 2 is 1.05 bits per heavy atom. The summed E-state index contributed by atoms with van der Waals surface area (Å²) in [6.07, 6.45) is 15.0. The molecule has 0 aromatic heterocycles. The van der Waals surface area contributed by atoms with E-state index in [0.717, 1.165) is 0 Å². The van der Waals surface area contributed by atoms with Crippen LogP contribution in [0.25, 0.3) is 0 Å². The predicted molar refractivity (Wildman–Crippen MR) is 85.9 cm³/mol. The maximum absolute atomic E-state index is 3.26. The standard InChI is InChI=1S/C16H37N3/c1-4-6-8-10-12-14-16-19(18-17-3)15-13-11-9-7-5-2/h17-18H,4-16H2,1-3H3. The molecule has 2 N–H and O–H groups in total. The summed E-state index contributed by atoms with van der Waals surface area (Å²) in [6, 6.07) is 0. The van der Waals surface area contributed by atoms with Crippen LogP contribution in [0.2, 0.25) is 0 Å². The van der Waals surface area contributed by atoms with Gasteiger partial charge in [0.2, 0.25) is 0 Å². The quantitative estimate of drug-likeness (QED) is 0.344. The summed E-state index contributed by atoms with van der Waals surface area (Å²) in [7, 11) is 1.95. The van der Waals surface area contributed by atoms with Gasteiger partial charge in [-0.2, -0.15) is 5.53 Å². The van der Waals surface area contributed by atoms with Gasteiger partial charge < -0.3 is 0 Å². The Labute approximate surface area is 121 Å². The van der Waals surface area contributed by atoms with Crippen LogP contribution < -0.4 is 11.0 Å². The zero-order valence-corrected chi connectivity index (χ0v) is 13.6. The van der Waals surface area contributed by atoms with Crippen LogP contribution in [0.1, 0.15) is 84.5 Å². The first-order valence-electron chi connectivity index (χ1n) is 8.52. The number of hydrogen-bond donors (Lipinski definition) is 2. The highest BCUT2D eigenvalue weighted by molar-refractivity contribution is 4.53. The maximum Gasteiger partial charge on any atom is 0.0144 e. The maximum atomic E-state index is 3.26. The molecule has 3 nitrogen and oxygen atoms in total. The van der Waals surface area contributed by atoms with Crippen molar-refractivity contribution in [3.63, 3.8) is 0 Å². The normalized spacial score (nSPS) is 11.4. The highest BCUT2D eigenvalue weighted by atomic mass is 15.7. The highest BCUT2D eigenvalue weighted by Gasteiger charge is 2.02. The molecule has 0 aliphatic heterocycles. The van der Waals surface area contributed by atoms with Crippen LogP contribution in [0.4, 0.5) is 0 Å². The molecule has 3 heteroatoms. The zero-order valence-electron chi connectivity index (χ0n) is 13.6. The molecule has 0 amide bonds. The van der Waals surface area contributed by atoms with Crippen molar-refractivity contribution < 1.29 is 0 Å². The molecular formula is C16H37N3. The van der Waals surface area contributed by atoms with Crippen LogP contribution in [0.5, 0.6) is 0 Å². The van der Waals surface area contributed by atoms with E-state index < -0.39 is 0 Å². The SMILES string of the molecule is CCCCCCCCN(CCCCCCC)NNC. The van der Waals surface area contributed by atoms with E-state index in [2.05, 4.69) is 29.8 Å². The van der Waals surface area contributed by atoms with Gasteiger partial charge in [0.05, 0.1) is 0 Å². The minimum absolute atomic E-state index is 1.17. The summed E-state index contributed by atoms with van der Waals surface area (Å²) >= 11 is 0. The summed E-state index contributed by atoms with van der Waals surface area (Å²) in [6.45, 7) is 6.88. The number of nitrogens with zero attached hydrogens (tertiary/aromatic N) is 1. The topological polar surface area (TPSA) is 27.3 Å². The molecule has 0 aromatic carbocycles. The van der Waals surface area contributed by atoms with Gasteiger partial charge in [-0.25, -0.2) is 10.4 Å². The van der Waals surface area contributed by atoms with Crippen molar-refractivity contribution in [2.75, 3.05) is 20.1 Å². The molecule has 0 rings (SSSR count). The van der Waals surface area contributed by atoms with Crippen LogP contribution in [0, 0.1) is 0 Å². The zero-order chi connectivity index (χ0) is 14.2. The van der Waals surface area contributed by atoms with E-state index in [9.17, 15) is 0 Å². The molecule has 0 aliphatic rings. The smallest absolute Gasteiger partial charge is 0.0144 e. The number of hydrazine groups is 2. The van der Waals surface area contributed by atoms with Gasteiger partial charge in [0, 0.05) is 13.1 Å². The van der Waals surface area contributed by atoms with Gasteiger partial charge in [0.15, 0.2) is 0 Å². The highest BCUT2D eigenvalue weighted by Crippen LogP contribution is 2.07. The molecule has 0 radical (unpaired) electrons. The van der Waals surface area contributed by atoms with Gasteiger partial charge in [0.1, 0.15) is 0 Å². The Kier molecular flexibility index (Phi) is 15.8. The first kappa shape index (κ1) is 18.9. The fourth-order valence-corrected chi connectivity index (χ4v) is 2.37. The van der Waals surface area contributed by atoms with E-state index in [-0.39, 0.29) is 0 Å². The molecular weight excluding hydrogens is 234 g/mol. The van der Waals surface area contributed by atoms with Crippen molar-refractivity contribution in [2.45, 2.75) is 84.5 Å². The number of unbranched alkanes of at least 4 members (excludes halogenated alkanes) is 9. The number of hydrogen-bond acceptors (Lipinski definition) is 3. The Bertz CT molecular complexity index is 162. The minimum atomic E-state index is 1.17. The predicted octanol–water partition coefficient (Wildman–Crippen LogP) is 4.26. The Hall–Kier alpha value is -0.120. The lowest BCUT2D eigenvalue weighted by atomic mass is 10.1. The molecule has 0 saturated carbocycles. The van der Waals surface area contributed by atoms with Crippen molar-refractivity contribution in [1.82, 2.24) is 16.0 Å². The fraction of sp³-hybridized carbons (Fsp3) is 1.00. The van der Waals surface area contributed by atoms with Gasteiger partial charge in [-0.15, -0.1) is 0 Å². The third-order valence-electron chi connectivity index (χ3n) is 3.58. The number of rotatable bonds is 15. The van der Waals surface area contributed by atoms with Crippen LogP contribution in [-0.2, 0) is 0 Å². The van der Waals surface area contributed by atoms with Gasteiger partial charge in [-0.1, -0.05) is 71.6 Å². The molecule has 0 atom stereocenters. The fourth-order valence-electron chi connectivity index (χ4n) is 2.37. The molecule has 0 unspecified atom stereocenters. The van der Waals surface area contributed by atoms with Crippen molar-refractivity contribution in [2.24, 2.45) is 0 Å². The minimum Gasteiger partial charge on any atom is -0.247 e. The summed E-state index contributed by atoms with van der Waals surface area (Å²) in [5.41, 5.74) is 6.32. The molecule has 0 aromatic rings. The average Bonchev–Trinajstić information content (AvgIpc) is 2.42. The summed E-state index contributed by atoms with van der Waals surface area (Å²) in [4.78, 5) is 0. The molecule has 0 aliphatic carbocycles. The second-order valence-corrected chi connectivity index (χ2v) is 5.53. The van der Waals surface area contributed by atoms with E-state index in [1.54, 1.807) is 0 Å². The molecule has 19 heavy (non-hydrogen) atoms. The second-order valence-electron chi connectivity index (χ2n) is 5.53. The van der Waals surface area contributed by atoms with Crippen molar-refractivity contribution in [1.29, 1.82) is 0 Å². The van der Waals surface area contributed by atoms with Crippen LogP contribution in [0.15, 0.2) is 0 Å². The summed E-state index contributed by atoms with van der Waals surface area (Å²) in [5, 5.41) is 2.34. The van der Waals surface area contributed by atoms with E-state index in [1.807, 2.05) is 7.05 Å². The molecule has 0 bridgehead atoms. The van der Waals surface area contributed by atoms with Crippen molar-refractivity contribution in [3.8, 4) is 0 Å². The monoisotopic (exact) mass is 271 g/mol. The van der Waals surface area contributed by atoms with Gasteiger partial charge in [0.25, 0.3) is 0 Å². The van der Waals surface area contributed by atoms with Gasteiger partial charge >= 0.3 is 0 Å².